The van der Waals surface area contributed by atoms with Crippen LogP contribution in [0.1, 0.15) is 5.56 Å². The molecule has 0 spiro atoms. The van der Waals surface area contributed by atoms with Crippen LogP contribution in [0.5, 0.6) is 5.75 Å². The molecule has 0 saturated heterocycles. The Bertz CT molecular complexity index is 666. The number of anilines is 1. The van der Waals surface area contributed by atoms with Crippen LogP contribution in [0.25, 0.3) is 0 Å². The topological polar surface area (TPSA) is 38.3 Å². The van der Waals surface area contributed by atoms with Crippen molar-refractivity contribution in [2.24, 2.45) is 0 Å². The Morgan fingerprint density at radius 1 is 1.32 bits per heavy atom. The lowest BCUT2D eigenvalue weighted by atomic mass is 10.2. The number of halogens is 2. The third-order valence-corrected chi connectivity index (χ3v) is 4.56. The maximum Gasteiger partial charge on any atom is 0.234 e. The van der Waals surface area contributed by atoms with Gasteiger partial charge in [0.15, 0.2) is 11.6 Å². The molecule has 0 aliphatic rings. The van der Waals surface area contributed by atoms with E-state index < -0.39 is 5.82 Å². The summed E-state index contributed by atoms with van der Waals surface area (Å²) in [5.41, 5.74) is 1.56. The van der Waals surface area contributed by atoms with E-state index in [0.717, 1.165) is 15.7 Å². The Balaban J connectivity index is 1.82. The van der Waals surface area contributed by atoms with Gasteiger partial charge in [0.25, 0.3) is 0 Å². The molecule has 2 aromatic carbocycles. The van der Waals surface area contributed by atoms with Crippen LogP contribution < -0.4 is 10.1 Å². The van der Waals surface area contributed by atoms with Crippen molar-refractivity contribution in [1.82, 2.24) is 0 Å². The van der Waals surface area contributed by atoms with Crippen molar-refractivity contribution in [3.63, 3.8) is 0 Å². The van der Waals surface area contributed by atoms with E-state index in [1.54, 1.807) is 12.1 Å². The maximum atomic E-state index is 13.5. The van der Waals surface area contributed by atoms with Crippen LogP contribution in [-0.4, -0.2) is 18.8 Å². The molecule has 3 nitrogen and oxygen atoms in total. The molecule has 0 heterocycles. The highest BCUT2D eigenvalue weighted by molar-refractivity contribution is 9.10. The number of carbonyl (C=O) groups is 1. The second-order valence-electron chi connectivity index (χ2n) is 4.49. The van der Waals surface area contributed by atoms with Crippen LogP contribution in [0, 0.1) is 5.82 Å². The summed E-state index contributed by atoms with van der Waals surface area (Å²) in [6.07, 6.45) is 0. The van der Waals surface area contributed by atoms with Gasteiger partial charge in [0, 0.05) is 10.2 Å². The number of hydrogen-bond donors (Lipinski definition) is 1. The highest BCUT2D eigenvalue weighted by Gasteiger charge is 2.07. The predicted molar refractivity (Wildman–Crippen MR) is 91.9 cm³/mol. The minimum atomic E-state index is -0.390. The molecule has 22 heavy (non-hydrogen) atoms. The third-order valence-electron chi connectivity index (χ3n) is 2.87. The lowest BCUT2D eigenvalue weighted by Crippen LogP contribution is -2.14. The number of ether oxygens (including phenoxy) is 1. The van der Waals surface area contributed by atoms with E-state index in [1.165, 1.54) is 24.9 Å². The van der Waals surface area contributed by atoms with E-state index in [1.807, 2.05) is 24.3 Å². The van der Waals surface area contributed by atoms with Crippen molar-refractivity contribution in [1.29, 1.82) is 0 Å². The van der Waals surface area contributed by atoms with E-state index in [-0.39, 0.29) is 11.7 Å². The second kappa shape index (κ2) is 8.19. The van der Waals surface area contributed by atoms with Crippen molar-refractivity contribution in [2.45, 2.75) is 5.75 Å². The Hall–Kier alpha value is -1.53. The van der Waals surface area contributed by atoms with Crippen molar-refractivity contribution in [2.75, 3.05) is 18.2 Å². The van der Waals surface area contributed by atoms with E-state index >= 15 is 0 Å². The zero-order valence-corrected chi connectivity index (χ0v) is 14.3. The van der Waals surface area contributed by atoms with Gasteiger partial charge in [0.05, 0.1) is 18.6 Å². The summed E-state index contributed by atoms with van der Waals surface area (Å²) in [6.45, 7) is 0. The molecule has 0 bridgehead atoms. The summed E-state index contributed by atoms with van der Waals surface area (Å²) in [7, 11) is 1.43. The number of thioether (sulfide) groups is 1. The molecule has 0 radical (unpaired) electrons. The van der Waals surface area contributed by atoms with Crippen molar-refractivity contribution >= 4 is 39.3 Å². The third kappa shape index (κ3) is 4.74. The van der Waals surface area contributed by atoms with E-state index in [0.29, 0.717) is 11.5 Å². The standard InChI is InChI=1S/C16H15BrFNO2S/c1-21-15-7-6-11(8-13(15)18)9-22-10-16(20)19-14-5-3-2-4-12(14)17/h2-8H,9-10H2,1H3,(H,19,20). The molecular weight excluding hydrogens is 369 g/mol. The van der Waals surface area contributed by atoms with E-state index in [2.05, 4.69) is 21.2 Å². The van der Waals surface area contributed by atoms with Crippen LogP contribution in [0.3, 0.4) is 0 Å². The molecule has 0 aromatic heterocycles. The fourth-order valence-electron chi connectivity index (χ4n) is 1.81. The molecule has 0 aliphatic carbocycles. The number of hydrogen-bond acceptors (Lipinski definition) is 3. The number of para-hydroxylation sites is 1. The first kappa shape index (κ1) is 16.8. The molecule has 2 rings (SSSR count). The minimum Gasteiger partial charge on any atom is -0.494 e. The van der Waals surface area contributed by atoms with Gasteiger partial charge in [-0.15, -0.1) is 11.8 Å². The Kier molecular flexibility index (Phi) is 6.27. The van der Waals surface area contributed by atoms with Crippen LogP contribution in [0.4, 0.5) is 10.1 Å². The van der Waals surface area contributed by atoms with Crippen molar-refractivity contribution in [3.05, 3.63) is 58.3 Å². The number of nitrogens with one attached hydrogen (secondary N) is 1. The summed E-state index contributed by atoms with van der Waals surface area (Å²) < 4.78 is 19.3. The molecule has 0 fully saturated rings. The van der Waals surface area contributed by atoms with Crippen LogP contribution in [-0.2, 0) is 10.5 Å². The molecule has 0 aliphatic heterocycles. The molecule has 1 N–H and O–H groups in total. The predicted octanol–water partition coefficient (Wildman–Crippen LogP) is 4.47. The number of carbonyl (C=O) groups excluding carboxylic acids is 1. The molecular formula is C16H15BrFNO2S. The smallest absolute Gasteiger partial charge is 0.234 e. The van der Waals surface area contributed by atoms with Gasteiger partial charge in [-0.3, -0.25) is 4.79 Å². The monoisotopic (exact) mass is 383 g/mol. The SMILES string of the molecule is COc1ccc(CSCC(=O)Nc2ccccc2Br)cc1F. The summed E-state index contributed by atoms with van der Waals surface area (Å²) in [5, 5.41) is 2.83. The summed E-state index contributed by atoms with van der Waals surface area (Å²) in [5.74, 6) is 0.601. The van der Waals surface area contributed by atoms with Gasteiger partial charge in [-0.1, -0.05) is 18.2 Å². The number of rotatable bonds is 6. The molecule has 0 saturated carbocycles. The zero-order valence-electron chi connectivity index (χ0n) is 11.9. The quantitative estimate of drug-likeness (QED) is 0.799. The van der Waals surface area contributed by atoms with E-state index in [4.69, 9.17) is 4.74 Å². The maximum absolute atomic E-state index is 13.5. The van der Waals surface area contributed by atoms with Crippen molar-refractivity contribution in [3.8, 4) is 5.75 Å². The normalized spacial score (nSPS) is 10.3. The summed E-state index contributed by atoms with van der Waals surface area (Å²) in [6, 6.07) is 12.2. The lowest BCUT2D eigenvalue weighted by molar-refractivity contribution is -0.113. The van der Waals surface area contributed by atoms with Gasteiger partial charge in [-0.05, 0) is 45.8 Å². The average Bonchev–Trinajstić information content (AvgIpc) is 2.50. The summed E-state index contributed by atoms with van der Waals surface area (Å²) >= 11 is 4.80. The molecule has 1 amide bonds. The van der Waals surface area contributed by atoms with Gasteiger partial charge in [-0.2, -0.15) is 0 Å². The second-order valence-corrected chi connectivity index (χ2v) is 6.33. The van der Waals surface area contributed by atoms with Gasteiger partial charge < -0.3 is 10.1 Å². The molecule has 0 atom stereocenters. The summed E-state index contributed by atoms with van der Waals surface area (Å²) in [4.78, 5) is 11.9. The number of benzene rings is 2. The van der Waals surface area contributed by atoms with Crippen LogP contribution in [0.15, 0.2) is 46.9 Å². The van der Waals surface area contributed by atoms with Crippen LogP contribution >= 0.6 is 27.7 Å². The molecule has 0 unspecified atom stereocenters. The average molecular weight is 384 g/mol. The first-order valence-electron chi connectivity index (χ1n) is 6.54. The molecule has 116 valence electrons. The first-order valence-corrected chi connectivity index (χ1v) is 8.49. The minimum absolute atomic E-state index is 0.0918. The van der Waals surface area contributed by atoms with Crippen LogP contribution in [0.2, 0.25) is 0 Å². The van der Waals surface area contributed by atoms with Gasteiger partial charge >= 0.3 is 0 Å². The molecule has 2 aromatic rings. The molecule has 6 heteroatoms. The van der Waals surface area contributed by atoms with E-state index in [9.17, 15) is 9.18 Å². The van der Waals surface area contributed by atoms with Gasteiger partial charge in [0.1, 0.15) is 0 Å². The fraction of sp³-hybridized carbons (Fsp3) is 0.188. The first-order chi connectivity index (χ1) is 10.6. The number of methoxy groups -OCH3 is 1. The highest BCUT2D eigenvalue weighted by atomic mass is 79.9. The Morgan fingerprint density at radius 2 is 2.09 bits per heavy atom. The Morgan fingerprint density at radius 3 is 2.77 bits per heavy atom. The van der Waals surface area contributed by atoms with Gasteiger partial charge in [-0.25, -0.2) is 4.39 Å². The lowest BCUT2D eigenvalue weighted by Gasteiger charge is -2.07. The largest absolute Gasteiger partial charge is 0.494 e. The number of amides is 1. The zero-order chi connectivity index (χ0) is 15.9. The fourth-order valence-corrected chi connectivity index (χ4v) is 2.97. The Labute approximate surface area is 141 Å². The van der Waals surface area contributed by atoms with Crippen molar-refractivity contribution < 1.29 is 13.9 Å². The highest BCUT2D eigenvalue weighted by Crippen LogP contribution is 2.23. The van der Waals surface area contributed by atoms with Gasteiger partial charge in [0.2, 0.25) is 5.91 Å².